The van der Waals surface area contributed by atoms with Crippen LogP contribution in [-0.2, 0) is 39.8 Å². The average Bonchev–Trinajstić information content (AvgIpc) is 3.24. The highest BCUT2D eigenvalue weighted by Crippen LogP contribution is 2.20. The van der Waals surface area contributed by atoms with Crippen molar-refractivity contribution in [2.45, 2.75) is 98.1 Å². The molecular weight excluding hydrogens is 512 g/mol. The van der Waals surface area contributed by atoms with Crippen LogP contribution in [0.4, 0.5) is 10.6 Å². The van der Waals surface area contributed by atoms with Gasteiger partial charge in [-0.1, -0.05) is 0 Å². The van der Waals surface area contributed by atoms with Gasteiger partial charge >= 0.3 is 12.1 Å². The summed E-state index contributed by atoms with van der Waals surface area (Å²) in [5, 5.41) is 3.13. The van der Waals surface area contributed by atoms with Crippen LogP contribution in [0.15, 0.2) is 12.7 Å². The van der Waals surface area contributed by atoms with E-state index in [-0.39, 0.29) is 31.5 Å². The Hall–Kier alpha value is -3.07. The van der Waals surface area contributed by atoms with Crippen LogP contribution in [0.5, 0.6) is 0 Å². The Morgan fingerprint density at radius 2 is 1.69 bits per heavy atom. The highest BCUT2D eigenvalue weighted by Gasteiger charge is 2.36. The fraction of sp³-hybridized carbons (Fsp3) is 0.720. The summed E-state index contributed by atoms with van der Waals surface area (Å²) < 4.78 is 34.8. The third-order valence-electron chi connectivity index (χ3n) is 5.60. The maximum absolute atomic E-state index is 12.3. The van der Waals surface area contributed by atoms with Gasteiger partial charge in [-0.3, -0.25) is 10.1 Å². The predicted octanol–water partition coefficient (Wildman–Crippen LogP) is 2.40. The molecule has 0 aliphatic rings. The lowest BCUT2D eigenvalue weighted by Gasteiger charge is -2.36. The Morgan fingerprint density at radius 3 is 2.36 bits per heavy atom. The quantitative estimate of drug-likeness (QED) is 0.176. The predicted molar refractivity (Wildman–Crippen MR) is 141 cm³/mol. The molecule has 2 aromatic rings. The molecule has 14 heteroatoms. The van der Waals surface area contributed by atoms with E-state index in [0.717, 1.165) is 0 Å². The van der Waals surface area contributed by atoms with Crippen LogP contribution in [0.1, 0.15) is 55.4 Å². The number of rotatable bonds is 16. The number of aromatic nitrogens is 4. The number of hydrogen-bond acceptors (Lipinski definition) is 13. The maximum atomic E-state index is 12.3. The van der Waals surface area contributed by atoms with Crippen LogP contribution in [-0.4, -0.2) is 87.8 Å². The average molecular weight is 555 g/mol. The van der Waals surface area contributed by atoms with Gasteiger partial charge in [0.2, 0.25) is 0 Å². The summed E-state index contributed by atoms with van der Waals surface area (Å²) in [4.78, 5) is 36.5. The normalized spacial score (nSPS) is 15.6. The smallest absolute Gasteiger partial charge is 0.462 e. The summed E-state index contributed by atoms with van der Waals surface area (Å²) in [6.45, 7) is 14.5. The zero-order valence-corrected chi connectivity index (χ0v) is 24.0. The summed E-state index contributed by atoms with van der Waals surface area (Å²) in [7, 11) is 0. The monoisotopic (exact) mass is 554 g/mol. The molecule has 0 saturated heterocycles. The van der Waals surface area contributed by atoms with E-state index in [1.165, 1.54) is 6.33 Å². The number of imidazole rings is 1. The molecule has 0 fully saturated rings. The van der Waals surface area contributed by atoms with Crippen LogP contribution in [0.2, 0.25) is 0 Å². The van der Waals surface area contributed by atoms with Crippen molar-refractivity contribution >= 4 is 29.1 Å². The van der Waals surface area contributed by atoms with Crippen LogP contribution in [0.3, 0.4) is 0 Å². The first-order chi connectivity index (χ1) is 18.3. The summed E-state index contributed by atoms with van der Waals surface area (Å²) in [6.07, 6.45) is 1.38. The van der Waals surface area contributed by atoms with Gasteiger partial charge in [0.1, 0.15) is 17.9 Å². The Bertz CT molecular complexity index is 1060. The van der Waals surface area contributed by atoms with E-state index >= 15 is 0 Å². The van der Waals surface area contributed by atoms with Crippen molar-refractivity contribution in [2.75, 3.05) is 25.7 Å². The Kier molecular flexibility index (Phi) is 12.3. The minimum Gasteiger partial charge on any atom is -0.462 e. The van der Waals surface area contributed by atoms with E-state index in [1.54, 1.807) is 54.8 Å². The number of nitrogens with one attached hydrogen (secondary N) is 1. The third-order valence-corrected chi connectivity index (χ3v) is 5.60. The summed E-state index contributed by atoms with van der Waals surface area (Å²) >= 11 is 0. The molecule has 14 nitrogen and oxygen atoms in total. The highest BCUT2D eigenvalue weighted by atomic mass is 16.8. The van der Waals surface area contributed by atoms with Gasteiger partial charge in [0.15, 0.2) is 24.0 Å². The Morgan fingerprint density at radius 1 is 1.00 bits per heavy atom. The molecule has 0 aromatic carbocycles. The Balaban J connectivity index is 1.94. The molecule has 4 unspecified atom stereocenters. The first kappa shape index (κ1) is 32.1. The van der Waals surface area contributed by atoms with E-state index in [0.29, 0.717) is 23.5 Å². The van der Waals surface area contributed by atoms with Crippen molar-refractivity contribution in [1.82, 2.24) is 24.8 Å². The molecule has 0 bridgehead atoms. The number of nitrogens with zero attached hydrogens (tertiary/aromatic N) is 4. The first-order valence-corrected chi connectivity index (χ1v) is 12.9. The van der Waals surface area contributed by atoms with Gasteiger partial charge in [0.05, 0.1) is 50.4 Å². The molecule has 0 radical (unpaired) electrons. The zero-order valence-electron chi connectivity index (χ0n) is 24.0. The molecule has 3 N–H and O–H groups in total. The number of ether oxygens (including phenoxy) is 6. The standard InChI is InChI=1S/C25H42N6O8/c1-15(2)38-23(32)18(6)30-19(7)25(8,37-14-35-24(33)39-16(3)4)36-10-9-34-17(5)11-31-13-29-20-21(26)27-12-28-22(20)31/h12-13,15-19,30H,9-11,14H2,1-8H3,(H2,26,27,28). The molecule has 0 aliphatic heterocycles. The summed E-state index contributed by atoms with van der Waals surface area (Å²) in [5.74, 6) is -1.39. The SMILES string of the molecule is CC(C)OC(=O)OCOC(C)(OCCOC(C)Cn1cnc2c(N)ncnc21)C(C)NC(C)C(=O)OC(C)C. The fourth-order valence-electron chi connectivity index (χ4n) is 3.50. The number of anilines is 1. The minimum absolute atomic E-state index is 0.147. The Labute approximate surface area is 228 Å². The van der Waals surface area contributed by atoms with Gasteiger partial charge < -0.3 is 38.7 Å². The highest BCUT2D eigenvalue weighted by molar-refractivity contribution is 5.81. The molecule has 2 heterocycles. The van der Waals surface area contributed by atoms with Crippen molar-refractivity contribution in [2.24, 2.45) is 0 Å². The van der Waals surface area contributed by atoms with Crippen molar-refractivity contribution in [3.8, 4) is 0 Å². The van der Waals surface area contributed by atoms with Crippen LogP contribution >= 0.6 is 0 Å². The van der Waals surface area contributed by atoms with Crippen LogP contribution in [0, 0.1) is 0 Å². The van der Waals surface area contributed by atoms with Crippen LogP contribution < -0.4 is 11.1 Å². The molecule has 4 atom stereocenters. The van der Waals surface area contributed by atoms with Gasteiger partial charge in [-0.15, -0.1) is 0 Å². The first-order valence-electron chi connectivity index (χ1n) is 12.9. The number of fused-ring (bicyclic) bond motifs is 1. The number of nitrogen functional groups attached to an aromatic ring is 1. The van der Waals surface area contributed by atoms with Gasteiger partial charge in [0, 0.05) is 0 Å². The van der Waals surface area contributed by atoms with E-state index in [2.05, 4.69) is 20.3 Å². The van der Waals surface area contributed by atoms with Crippen molar-refractivity contribution in [1.29, 1.82) is 0 Å². The fourth-order valence-corrected chi connectivity index (χ4v) is 3.50. The van der Waals surface area contributed by atoms with Crippen molar-refractivity contribution < 1.29 is 38.0 Å². The number of nitrogens with two attached hydrogens (primary N) is 1. The molecule has 2 aromatic heterocycles. The topological polar surface area (TPSA) is 171 Å². The second kappa shape index (κ2) is 14.9. The van der Waals surface area contributed by atoms with Crippen LogP contribution in [0.25, 0.3) is 11.2 Å². The van der Waals surface area contributed by atoms with Crippen molar-refractivity contribution in [3.63, 3.8) is 0 Å². The van der Waals surface area contributed by atoms with Gasteiger partial charge in [-0.05, 0) is 55.4 Å². The number of carbonyl (C=O) groups is 2. The largest absolute Gasteiger partial charge is 0.510 e. The number of carbonyl (C=O) groups excluding carboxylic acids is 2. The summed E-state index contributed by atoms with van der Waals surface area (Å²) in [5.41, 5.74) is 7.01. The van der Waals surface area contributed by atoms with Crippen molar-refractivity contribution in [3.05, 3.63) is 12.7 Å². The summed E-state index contributed by atoms with van der Waals surface area (Å²) in [6, 6.07) is -1.16. The second-order valence-electron chi connectivity index (χ2n) is 9.79. The van der Waals surface area contributed by atoms with Gasteiger partial charge in [-0.25, -0.2) is 19.7 Å². The lowest BCUT2D eigenvalue weighted by atomic mass is 10.1. The maximum Gasteiger partial charge on any atom is 0.510 e. The van der Waals surface area contributed by atoms with E-state index in [4.69, 9.17) is 34.2 Å². The van der Waals surface area contributed by atoms with Gasteiger partial charge in [-0.2, -0.15) is 0 Å². The molecular formula is C25H42N6O8. The van der Waals surface area contributed by atoms with Gasteiger partial charge in [0.25, 0.3) is 0 Å². The second-order valence-corrected chi connectivity index (χ2v) is 9.79. The zero-order chi connectivity index (χ0) is 29.2. The number of hydrogen-bond donors (Lipinski definition) is 2. The van der Waals surface area contributed by atoms with E-state index in [1.807, 2.05) is 11.5 Å². The van der Waals surface area contributed by atoms with E-state index < -0.39 is 36.8 Å². The minimum atomic E-state index is -1.30. The lowest BCUT2D eigenvalue weighted by molar-refractivity contribution is -0.272. The molecule has 0 saturated carbocycles. The third kappa shape index (κ3) is 10.2. The molecule has 2 rings (SSSR count). The molecule has 0 amide bonds. The molecule has 220 valence electrons. The molecule has 0 spiro atoms. The van der Waals surface area contributed by atoms with E-state index in [9.17, 15) is 9.59 Å². The molecule has 0 aliphatic carbocycles. The molecule has 39 heavy (non-hydrogen) atoms. The lowest BCUT2D eigenvalue weighted by Crippen LogP contribution is -2.55. The number of esters is 1.